The van der Waals surface area contributed by atoms with Crippen molar-refractivity contribution in [1.29, 1.82) is 0 Å². The van der Waals surface area contributed by atoms with E-state index >= 15 is 0 Å². The van der Waals surface area contributed by atoms with Crippen molar-refractivity contribution in [2.75, 3.05) is 6.54 Å². The van der Waals surface area contributed by atoms with Crippen LogP contribution in [0.25, 0.3) is 0 Å². The first-order valence-electron chi connectivity index (χ1n) is 9.87. The molecule has 0 radical (unpaired) electrons. The molecule has 2 aromatic carbocycles. The second-order valence-electron chi connectivity index (χ2n) is 7.45. The van der Waals surface area contributed by atoms with Crippen LogP contribution in [0.15, 0.2) is 48.5 Å². The van der Waals surface area contributed by atoms with Crippen LogP contribution in [0.5, 0.6) is 0 Å². The number of nitrogens with one attached hydrogen (secondary N) is 1. The van der Waals surface area contributed by atoms with Crippen molar-refractivity contribution >= 4 is 23.4 Å². The molecule has 1 atom stereocenters. The van der Waals surface area contributed by atoms with Gasteiger partial charge in [-0.25, -0.2) is 4.39 Å². The van der Waals surface area contributed by atoms with Crippen molar-refractivity contribution in [3.8, 4) is 0 Å². The summed E-state index contributed by atoms with van der Waals surface area (Å²) in [7, 11) is 0. The minimum Gasteiger partial charge on any atom is -0.354 e. The second-order valence-corrected chi connectivity index (χ2v) is 7.85. The molecule has 0 heterocycles. The molecule has 0 aliphatic heterocycles. The van der Waals surface area contributed by atoms with E-state index in [0.29, 0.717) is 18.9 Å². The topological polar surface area (TPSA) is 49.4 Å². The molecule has 0 aliphatic carbocycles. The van der Waals surface area contributed by atoms with E-state index in [1.54, 1.807) is 6.07 Å². The van der Waals surface area contributed by atoms with Crippen molar-refractivity contribution in [3.05, 3.63) is 70.5 Å². The van der Waals surface area contributed by atoms with Gasteiger partial charge in [-0.2, -0.15) is 0 Å². The Morgan fingerprint density at radius 3 is 2.38 bits per heavy atom. The molecular weight excluding hydrogens is 391 g/mol. The van der Waals surface area contributed by atoms with E-state index in [1.165, 1.54) is 17.0 Å². The molecule has 0 aromatic heterocycles. The SMILES string of the molecule is CC[C@H](C(=O)NCC(C)C)N(Cc1ccccc1)C(=O)Cc1c(F)cccc1Cl. The maximum absolute atomic E-state index is 14.2. The summed E-state index contributed by atoms with van der Waals surface area (Å²) >= 11 is 6.11. The number of nitrogens with zero attached hydrogens (tertiary/aromatic N) is 1. The molecule has 6 heteroatoms. The Kier molecular flexibility index (Phi) is 8.65. The number of hydrogen-bond donors (Lipinski definition) is 1. The zero-order valence-electron chi connectivity index (χ0n) is 17.1. The van der Waals surface area contributed by atoms with Crippen LogP contribution in [0.4, 0.5) is 4.39 Å². The lowest BCUT2D eigenvalue weighted by Crippen LogP contribution is -2.50. The lowest BCUT2D eigenvalue weighted by molar-refractivity contribution is -0.141. The molecule has 0 unspecified atom stereocenters. The van der Waals surface area contributed by atoms with Gasteiger partial charge in [0.1, 0.15) is 11.9 Å². The average molecular weight is 419 g/mol. The van der Waals surface area contributed by atoms with Crippen molar-refractivity contribution < 1.29 is 14.0 Å². The Balaban J connectivity index is 2.30. The predicted molar refractivity (Wildman–Crippen MR) is 114 cm³/mol. The number of amides is 2. The molecule has 0 fully saturated rings. The van der Waals surface area contributed by atoms with Crippen LogP contribution in [0.3, 0.4) is 0 Å². The number of carbonyl (C=O) groups is 2. The molecule has 29 heavy (non-hydrogen) atoms. The first kappa shape index (κ1) is 22.9. The summed E-state index contributed by atoms with van der Waals surface area (Å²) in [6, 6.07) is 13.1. The zero-order valence-corrected chi connectivity index (χ0v) is 17.9. The molecule has 0 saturated carbocycles. The van der Waals surface area contributed by atoms with Crippen molar-refractivity contribution in [2.45, 2.75) is 46.2 Å². The smallest absolute Gasteiger partial charge is 0.242 e. The lowest BCUT2D eigenvalue weighted by Gasteiger charge is -2.31. The van der Waals surface area contributed by atoms with Crippen LogP contribution in [-0.4, -0.2) is 29.3 Å². The maximum Gasteiger partial charge on any atom is 0.242 e. The highest BCUT2D eigenvalue weighted by molar-refractivity contribution is 6.31. The van der Waals surface area contributed by atoms with E-state index in [4.69, 9.17) is 11.6 Å². The fourth-order valence-corrected chi connectivity index (χ4v) is 3.31. The molecule has 0 spiro atoms. The van der Waals surface area contributed by atoms with Gasteiger partial charge >= 0.3 is 0 Å². The van der Waals surface area contributed by atoms with E-state index in [1.807, 2.05) is 51.1 Å². The van der Waals surface area contributed by atoms with Gasteiger partial charge in [0.15, 0.2) is 0 Å². The van der Waals surface area contributed by atoms with Crippen LogP contribution in [0.1, 0.15) is 38.3 Å². The number of halogens is 2. The van der Waals surface area contributed by atoms with Gasteiger partial charge in [0.05, 0.1) is 6.42 Å². The Morgan fingerprint density at radius 1 is 1.10 bits per heavy atom. The largest absolute Gasteiger partial charge is 0.354 e. The van der Waals surface area contributed by atoms with Gasteiger partial charge in [0.25, 0.3) is 0 Å². The average Bonchev–Trinajstić information content (AvgIpc) is 2.69. The van der Waals surface area contributed by atoms with Gasteiger partial charge in [0.2, 0.25) is 11.8 Å². The summed E-state index contributed by atoms with van der Waals surface area (Å²) in [4.78, 5) is 27.5. The highest BCUT2D eigenvalue weighted by Crippen LogP contribution is 2.22. The van der Waals surface area contributed by atoms with Gasteiger partial charge in [-0.1, -0.05) is 68.8 Å². The Morgan fingerprint density at radius 2 is 1.79 bits per heavy atom. The van der Waals surface area contributed by atoms with Crippen LogP contribution in [0.2, 0.25) is 5.02 Å². The summed E-state index contributed by atoms with van der Waals surface area (Å²) in [5, 5.41) is 3.11. The fourth-order valence-electron chi connectivity index (χ4n) is 3.08. The molecule has 1 N–H and O–H groups in total. The van der Waals surface area contributed by atoms with Gasteiger partial charge in [0, 0.05) is 23.7 Å². The normalized spacial score (nSPS) is 11.9. The molecule has 4 nitrogen and oxygen atoms in total. The molecule has 0 aliphatic rings. The van der Waals surface area contributed by atoms with Crippen LogP contribution in [-0.2, 0) is 22.6 Å². The molecule has 156 valence electrons. The summed E-state index contributed by atoms with van der Waals surface area (Å²) in [5.74, 6) is -0.771. The van der Waals surface area contributed by atoms with Crippen LogP contribution >= 0.6 is 11.6 Å². The second kappa shape index (κ2) is 11.0. The fraction of sp³-hybridized carbons (Fsp3) is 0.391. The van der Waals surface area contributed by atoms with E-state index in [9.17, 15) is 14.0 Å². The van der Waals surface area contributed by atoms with E-state index in [2.05, 4.69) is 5.32 Å². The van der Waals surface area contributed by atoms with Crippen molar-refractivity contribution in [3.63, 3.8) is 0 Å². The predicted octanol–water partition coefficient (Wildman–Crippen LogP) is 4.60. The standard InChI is InChI=1S/C23H28ClFN2O2/c1-4-21(23(29)26-14-16(2)3)27(15-17-9-6-5-7-10-17)22(28)13-18-19(24)11-8-12-20(18)25/h5-12,16,21H,4,13-15H2,1-3H3,(H,26,29)/t21-/m1/s1. The zero-order chi connectivity index (χ0) is 21.4. The Bertz CT molecular complexity index is 807. The number of hydrogen-bond acceptors (Lipinski definition) is 2. The van der Waals surface area contributed by atoms with E-state index in [-0.39, 0.29) is 35.4 Å². The number of rotatable bonds is 9. The van der Waals surface area contributed by atoms with Gasteiger partial charge in [-0.05, 0) is 30.0 Å². The highest BCUT2D eigenvalue weighted by atomic mass is 35.5. The van der Waals surface area contributed by atoms with E-state index in [0.717, 1.165) is 5.56 Å². The molecule has 2 amide bonds. The van der Waals surface area contributed by atoms with Gasteiger partial charge < -0.3 is 10.2 Å². The lowest BCUT2D eigenvalue weighted by atomic mass is 10.1. The molecule has 2 rings (SSSR count). The molecule has 0 bridgehead atoms. The summed E-state index contributed by atoms with van der Waals surface area (Å²) in [5.41, 5.74) is 1.05. The first-order chi connectivity index (χ1) is 13.8. The number of benzene rings is 2. The highest BCUT2D eigenvalue weighted by Gasteiger charge is 2.29. The Labute approximate surface area is 177 Å². The maximum atomic E-state index is 14.2. The van der Waals surface area contributed by atoms with Crippen molar-refractivity contribution in [2.24, 2.45) is 5.92 Å². The van der Waals surface area contributed by atoms with Crippen LogP contribution < -0.4 is 5.32 Å². The third-order valence-corrected chi connectivity index (χ3v) is 5.01. The number of carbonyl (C=O) groups excluding carboxylic acids is 2. The van der Waals surface area contributed by atoms with Gasteiger partial charge in [-0.3, -0.25) is 9.59 Å². The minimum absolute atomic E-state index is 0.148. The summed E-state index contributed by atoms with van der Waals surface area (Å²) < 4.78 is 14.2. The summed E-state index contributed by atoms with van der Waals surface area (Å²) in [6.45, 7) is 6.67. The third-order valence-electron chi connectivity index (χ3n) is 4.66. The summed E-state index contributed by atoms with van der Waals surface area (Å²) in [6.07, 6.45) is 0.250. The minimum atomic E-state index is -0.646. The Hall–Kier alpha value is -2.40. The van der Waals surface area contributed by atoms with Crippen LogP contribution in [0, 0.1) is 11.7 Å². The monoisotopic (exact) mass is 418 g/mol. The van der Waals surface area contributed by atoms with Crippen molar-refractivity contribution in [1.82, 2.24) is 10.2 Å². The molecular formula is C23H28ClFN2O2. The quantitative estimate of drug-likeness (QED) is 0.646. The van der Waals surface area contributed by atoms with E-state index < -0.39 is 11.9 Å². The third kappa shape index (κ3) is 6.57. The molecule has 2 aromatic rings. The van der Waals surface area contributed by atoms with Gasteiger partial charge in [-0.15, -0.1) is 0 Å². The first-order valence-corrected chi connectivity index (χ1v) is 10.2. The molecule has 0 saturated heterocycles.